The lowest BCUT2D eigenvalue weighted by molar-refractivity contribution is 0.252. The molecule has 0 spiro atoms. The normalized spacial score (nSPS) is 29.2. The number of hydrogen-bond donors (Lipinski definition) is 1. The van der Waals surface area contributed by atoms with Crippen LogP contribution in [-0.4, -0.2) is 21.9 Å². The second-order valence-electron chi connectivity index (χ2n) is 6.11. The summed E-state index contributed by atoms with van der Waals surface area (Å²) < 4.78 is 2.03. The topological polar surface area (TPSA) is 29.9 Å². The lowest BCUT2D eigenvalue weighted by Crippen LogP contribution is -2.47. The second-order valence-corrected chi connectivity index (χ2v) is 6.11. The Morgan fingerprint density at radius 2 is 2.28 bits per heavy atom. The average Bonchev–Trinajstić information content (AvgIpc) is 3.16. The van der Waals surface area contributed by atoms with Crippen LogP contribution in [0, 0.1) is 5.92 Å². The zero-order valence-corrected chi connectivity index (χ0v) is 11.5. The van der Waals surface area contributed by atoms with E-state index >= 15 is 0 Å². The first-order valence-electron chi connectivity index (χ1n) is 7.52. The Hall–Kier alpha value is -0.830. The molecule has 3 rings (SSSR count). The predicted octanol–water partition coefficient (Wildman–Crippen LogP) is 2.67. The van der Waals surface area contributed by atoms with Crippen LogP contribution >= 0.6 is 0 Å². The summed E-state index contributed by atoms with van der Waals surface area (Å²) in [5.41, 5.74) is 1.82. The molecule has 0 amide bonds. The van der Waals surface area contributed by atoms with E-state index in [9.17, 15) is 0 Å². The van der Waals surface area contributed by atoms with E-state index in [0.29, 0.717) is 5.54 Å². The third kappa shape index (κ3) is 2.46. The van der Waals surface area contributed by atoms with E-state index in [0.717, 1.165) is 5.92 Å². The monoisotopic (exact) mass is 247 g/mol. The van der Waals surface area contributed by atoms with Crippen molar-refractivity contribution in [1.29, 1.82) is 0 Å². The van der Waals surface area contributed by atoms with Crippen molar-refractivity contribution in [3.05, 3.63) is 18.0 Å². The molecule has 3 heteroatoms. The highest BCUT2D eigenvalue weighted by atomic mass is 15.2. The molecule has 0 aromatic carbocycles. The maximum atomic E-state index is 4.28. The molecule has 2 aliphatic rings. The smallest absolute Gasteiger partial charge is 0.0492 e. The molecule has 0 radical (unpaired) electrons. The van der Waals surface area contributed by atoms with E-state index in [1.807, 2.05) is 10.9 Å². The maximum absolute atomic E-state index is 4.28. The van der Waals surface area contributed by atoms with Crippen LogP contribution in [-0.2, 0) is 13.5 Å². The third-order valence-corrected chi connectivity index (χ3v) is 4.89. The molecular weight excluding hydrogens is 222 g/mol. The standard InChI is InChI=1S/C15H25N3/c1-18-14(8-12-17-18)7-10-15(13-5-6-13)9-3-2-4-11-16-15/h8,12-13,16H,2-7,9-11H2,1H3. The number of rotatable bonds is 4. The van der Waals surface area contributed by atoms with Crippen molar-refractivity contribution in [2.75, 3.05) is 6.54 Å². The number of aromatic nitrogens is 2. The van der Waals surface area contributed by atoms with Gasteiger partial charge in [-0.15, -0.1) is 0 Å². The number of nitrogens with zero attached hydrogens (tertiary/aromatic N) is 2. The number of nitrogens with one attached hydrogen (secondary N) is 1. The number of hydrogen-bond acceptors (Lipinski definition) is 2. The van der Waals surface area contributed by atoms with Crippen LogP contribution in [0.15, 0.2) is 12.3 Å². The fourth-order valence-electron chi connectivity index (χ4n) is 3.57. The zero-order chi connectivity index (χ0) is 12.4. The molecule has 3 nitrogen and oxygen atoms in total. The molecule has 1 N–H and O–H groups in total. The summed E-state index contributed by atoms with van der Waals surface area (Å²) in [5.74, 6) is 0.948. The van der Waals surface area contributed by atoms with Crippen molar-refractivity contribution in [2.45, 2.75) is 56.9 Å². The summed E-state index contributed by atoms with van der Waals surface area (Å²) in [7, 11) is 2.06. The molecule has 1 aliphatic heterocycles. The first-order chi connectivity index (χ1) is 8.80. The molecule has 1 saturated heterocycles. The highest BCUT2D eigenvalue weighted by Gasteiger charge is 2.44. The highest BCUT2D eigenvalue weighted by molar-refractivity contribution is 5.07. The predicted molar refractivity (Wildman–Crippen MR) is 73.5 cm³/mol. The van der Waals surface area contributed by atoms with E-state index in [4.69, 9.17) is 0 Å². The van der Waals surface area contributed by atoms with Gasteiger partial charge in [0.25, 0.3) is 0 Å². The fourth-order valence-corrected chi connectivity index (χ4v) is 3.57. The fraction of sp³-hybridized carbons (Fsp3) is 0.800. The van der Waals surface area contributed by atoms with Crippen LogP contribution in [0.3, 0.4) is 0 Å². The maximum Gasteiger partial charge on any atom is 0.0492 e. The van der Waals surface area contributed by atoms with E-state index in [2.05, 4.69) is 23.5 Å². The van der Waals surface area contributed by atoms with Crippen molar-refractivity contribution in [2.24, 2.45) is 13.0 Å². The molecule has 2 heterocycles. The van der Waals surface area contributed by atoms with Gasteiger partial charge in [-0.3, -0.25) is 4.68 Å². The van der Waals surface area contributed by atoms with Gasteiger partial charge in [0.2, 0.25) is 0 Å². The van der Waals surface area contributed by atoms with E-state index < -0.39 is 0 Å². The van der Waals surface area contributed by atoms with Crippen molar-refractivity contribution in [1.82, 2.24) is 15.1 Å². The van der Waals surface area contributed by atoms with Gasteiger partial charge in [-0.05, 0) is 57.1 Å². The molecular formula is C15H25N3. The minimum Gasteiger partial charge on any atom is -0.311 e. The Bertz CT molecular complexity index is 384. The molecule has 1 atom stereocenters. The van der Waals surface area contributed by atoms with Gasteiger partial charge >= 0.3 is 0 Å². The Kier molecular flexibility index (Phi) is 3.42. The van der Waals surface area contributed by atoms with Crippen LogP contribution in [0.25, 0.3) is 0 Å². The van der Waals surface area contributed by atoms with Gasteiger partial charge in [0.05, 0.1) is 0 Å². The molecule has 1 aromatic rings. The SMILES string of the molecule is Cn1nccc1CCC1(C2CC2)CCCCCN1. The van der Waals surface area contributed by atoms with Gasteiger partial charge in [0.15, 0.2) is 0 Å². The van der Waals surface area contributed by atoms with Gasteiger partial charge in [-0.25, -0.2) is 0 Å². The largest absolute Gasteiger partial charge is 0.311 e. The molecule has 0 bridgehead atoms. The minimum absolute atomic E-state index is 0.445. The summed E-state index contributed by atoms with van der Waals surface area (Å²) in [4.78, 5) is 0. The van der Waals surface area contributed by atoms with Crippen molar-refractivity contribution >= 4 is 0 Å². The Labute approximate surface area is 110 Å². The second kappa shape index (κ2) is 5.04. The molecule has 1 aliphatic carbocycles. The minimum atomic E-state index is 0.445. The van der Waals surface area contributed by atoms with Gasteiger partial charge in [0.1, 0.15) is 0 Å². The van der Waals surface area contributed by atoms with E-state index in [-0.39, 0.29) is 0 Å². The molecule has 1 unspecified atom stereocenters. The third-order valence-electron chi connectivity index (χ3n) is 4.89. The Morgan fingerprint density at radius 1 is 1.39 bits per heavy atom. The van der Waals surface area contributed by atoms with Gasteiger partial charge in [0, 0.05) is 24.5 Å². The number of aryl methyl sites for hydroxylation is 2. The quantitative estimate of drug-likeness (QED) is 0.886. The van der Waals surface area contributed by atoms with Crippen LogP contribution in [0.4, 0.5) is 0 Å². The lowest BCUT2D eigenvalue weighted by atomic mass is 9.83. The van der Waals surface area contributed by atoms with Crippen LogP contribution in [0.2, 0.25) is 0 Å². The van der Waals surface area contributed by atoms with Crippen LogP contribution in [0.5, 0.6) is 0 Å². The average molecular weight is 247 g/mol. The van der Waals surface area contributed by atoms with Gasteiger partial charge in [-0.2, -0.15) is 5.10 Å². The first-order valence-corrected chi connectivity index (χ1v) is 7.52. The first kappa shape index (κ1) is 12.2. The lowest BCUT2D eigenvalue weighted by Gasteiger charge is -2.34. The van der Waals surface area contributed by atoms with Gasteiger partial charge in [-0.1, -0.05) is 12.8 Å². The zero-order valence-electron chi connectivity index (χ0n) is 11.5. The summed E-state index contributed by atoms with van der Waals surface area (Å²) >= 11 is 0. The molecule has 1 aromatic heterocycles. The van der Waals surface area contributed by atoms with Crippen LogP contribution < -0.4 is 5.32 Å². The molecule has 18 heavy (non-hydrogen) atoms. The summed E-state index contributed by atoms with van der Waals surface area (Å²) in [6, 6.07) is 2.16. The van der Waals surface area contributed by atoms with E-state index in [1.165, 1.54) is 63.6 Å². The Morgan fingerprint density at radius 3 is 3.00 bits per heavy atom. The van der Waals surface area contributed by atoms with E-state index in [1.54, 1.807) is 0 Å². The van der Waals surface area contributed by atoms with Crippen molar-refractivity contribution < 1.29 is 0 Å². The van der Waals surface area contributed by atoms with Crippen molar-refractivity contribution in [3.63, 3.8) is 0 Å². The van der Waals surface area contributed by atoms with Crippen molar-refractivity contribution in [3.8, 4) is 0 Å². The summed E-state index contributed by atoms with van der Waals surface area (Å²) in [6.45, 7) is 1.22. The summed E-state index contributed by atoms with van der Waals surface area (Å²) in [6.07, 6.45) is 12.8. The molecule has 100 valence electrons. The van der Waals surface area contributed by atoms with Gasteiger partial charge < -0.3 is 5.32 Å². The molecule has 2 fully saturated rings. The Balaban J connectivity index is 1.68. The molecule has 1 saturated carbocycles. The van der Waals surface area contributed by atoms with Crippen LogP contribution in [0.1, 0.15) is 50.6 Å². The highest BCUT2D eigenvalue weighted by Crippen LogP contribution is 2.45. The summed E-state index contributed by atoms with van der Waals surface area (Å²) in [5, 5.41) is 8.19.